The van der Waals surface area contributed by atoms with Crippen molar-refractivity contribution < 1.29 is 0 Å². The highest BCUT2D eigenvalue weighted by atomic mass is 32.2. The van der Waals surface area contributed by atoms with Gasteiger partial charge in [0.15, 0.2) is 5.16 Å². The lowest BCUT2D eigenvalue weighted by atomic mass is 10.1. The van der Waals surface area contributed by atoms with Crippen molar-refractivity contribution in [3.05, 3.63) is 63.1 Å². The molecular formula is C17H19N3S2. The van der Waals surface area contributed by atoms with Gasteiger partial charge in [0.05, 0.1) is 0 Å². The third-order valence-electron chi connectivity index (χ3n) is 3.49. The summed E-state index contributed by atoms with van der Waals surface area (Å²) in [6, 6.07) is 10.9. The SMILES string of the molecule is Cc1cc(C)cc(CSc2nnc(Cc3cccs3)n2C)c1. The van der Waals surface area contributed by atoms with E-state index >= 15 is 0 Å². The van der Waals surface area contributed by atoms with Crippen LogP contribution >= 0.6 is 23.1 Å². The van der Waals surface area contributed by atoms with E-state index in [2.05, 4.69) is 64.3 Å². The predicted molar refractivity (Wildman–Crippen MR) is 93.6 cm³/mol. The van der Waals surface area contributed by atoms with Gasteiger partial charge in [-0.3, -0.25) is 0 Å². The fraction of sp³-hybridized carbons (Fsp3) is 0.294. The molecule has 0 amide bonds. The van der Waals surface area contributed by atoms with Crippen molar-refractivity contribution in [1.29, 1.82) is 0 Å². The Labute approximate surface area is 139 Å². The molecule has 0 aliphatic heterocycles. The second-order valence-electron chi connectivity index (χ2n) is 5.50. The minimum Gasteiger partial charge on any atom is -0.309 e. The summed E-state index contributed by atoms with van der Waals surface area (Å²) in [5.74, 6) is 1.94. The summed E-state index contributed by atoms with van der Waals surface area (Å²) in [7, 11) is 2.05. The zero-order chi connectivity index (χ0) is 15.5. The van der Waals surface area contributed by atoms with Gasteiger partial charge >= 0.3 is 0 Å². The summed E-state index contributed by atoms with van der Waals surface area (Å²) in [6.07, 6.45) is 0.852. The zero-order valence-corrected chi connectivity index (χ0v) is 14.7. The van der Waals surface area contributed by atoms with Gasteiger partial charge in [0.25, 0.3) is 0 Å². The average Bonchev–Trinajstić information content (AvgIpc) is 3.08. The number of hydrogen-bond donors (Lipinski definition) is 0. The molecule has 0 fully saturated rings. The molecule has 0 aliphatic carbocycles. The quantitative estimate of drug-likeness (QED) is 0.651. The van der Waals surface area contributed by atoms with Gasteiger partial charge in [-0.2, -0.15) is 0 Å². The van der Waals surface area contributed by atoms with E-state index in [0.717, 1.165) is 23.2 Å². The van der Waals surface area contributed by atoms with Gasteiger partial charge in [-0.05, 0) is 30.9 Å². The van der Waals surface area contributed by atoms with Crippen LogP contribution in [0.2, 0.25) is 0 Å². The Hall–Kier alpha value is -1.59. The van der Waals surface area contributed by atoms with Crippen molar-refractivity contribution >= 4 is 23.1 Å². The van der Waals surface area contributed by atoms with Crippen molar-refractivity contribution in [2.75, 3.05) is 0 Å². The number of thioether (sulfide) groups is 1. The highest BCUT2D eigenvalue weighted by Crippen LogP contribution is 2.23. The molecule has 0 spiro atoms. The molecule has 0 saturated carbocycles. The van der Waals surface area contributed by atoms with E-state index in [1.807, 2.05) is 7.05 Å². The molecule has 0 atom stereocenters. The molecule has 5 heteroatoms. The summed E-state index contributed by atoms with van der Waals surface area (Å²) in [5.41, 5.74) is 3.96. The summed E-state index contributed by atoms with van der Waals surface area (Å²) >= 11 is 3.50. The third-order valence-corrected chi connectivity index (χ3v) is 5.45. The molecule has 3 aromatic rings. The Kier molecular flexibility index (Phi) is 4.64. The average molecular weight is 329 g/mol. The number of rotatable bonds is 5. The monoisotopic (exact) mass is 329 g/mol. The van der Waals surface area contributed by atoms with Gasteiger partial charge in [-0.1, -0.05) is 47.2 Å². The van der Waals surface area contributed by atoms with Crippen molar-refractivity contribution in [2.45, 2.75) is 31.2 Å². The van der Waals surface area contributed by atoms with Crippen LogP contribution in [0.25, 0.3) is 0 Å². The van der Waals surface area contributed by atoms with Crippen molar-refractivity contribution in [3.63, 3.8) is 0 Å². The number of nitrogens with zero attached hydrogens (tertiary/aromatic N) is 3. The first kappa shape index (κ1) is 15.3. The van der Waals surface area contributed by atoms with E-state index in [-0.39, 0.29) is 0 Å². The van der Waals surface area contributed by atoms with E-state index in [9.17, 15) is 0 Å². The van der Waals surface area contributed by atoms with E-state index < -0.39 is 0 Å². The Morgan fingerprint density at radius 2 is 1.91 bits per heavy atom. The fourth-order valence-corrected chi connectivity index (χ4v) is 4.06. The molecule has 3 nitrogen and oxygen atoms in total. The number of benzene rings is 1. The lowest BCUT2D eigenvalue weighted by Crippen LogP contribution is -1.99. The van der Waals surface area contributed by atoms with Crippen molar-refractivity contribution in [2.24, 2.45) is 7.05 Å². The Morgan fingerprint density at radius 1 is 1.14 bits per heavy atom. The topological polar surface area (TPSA) is 30.7 Å². The van der Waals surface area contributed by atoms with E-state index in [0.29, 0.717) is 0 Å². The van der Waals surface area contributed by atoms with Crippen LogP contribution < -0.4 is 0 Å². The minimum absolute atomic E-state index is 0.852. The first-order valence-corrected chi connectivity index (χ1v) is 9.09. The van der Waals surface area contributed by atoms with Crippen LogP contribution in [0.15, 0.2) is 40.9 Å². The van der Waals surface area contributed by atoms with Crippen LogP contribution in [-0.4, -0.2) is 14.8 Å². The first-order chi connectivity index (χ1) is 10.6. The maximum absolute atomic E-state index is 4.34. The molecule has 1 aromatic carbocycles. The summed E-state index contributed by atoms with van der Waals surface area (Å²) in [6.45, 7) is 4.28. The van der Waals surface area contributed by atoms with Crippen LogP contribution in [0.4, 0.5) is 0 Å². The second kappa shape index (κ2) is 6.67. The molecule has 2 heterocycles. The van der Waals surface area contributed by atoms with Crippen molar-refractivity contribution in [1.82, 2.24) is 14.8 Å². The van der Waals surface area contributed by atoms with E-state index in [1.54, 1.807) is 23.1 Å². The predicted octanol–water partition coefficient (Wildman–Crippen LogP) is 4.38. The number of aromatic nitrogens is 3. The van der Waals surface area contributed by atoms with Gasteiger partial charge < -0.3 is 4.57 Å². The van der Waals surface area contributed by atoms with Crippen LogP contribution in [0, 0.1) is 13.8 Å². The number of aryl methyl sites for hydroxylation is 2. The standard InChI is InChI=1S/C17H19N3S2/c1-12-7-13(2)9-14(8-12)11-22-17-19-18-16(20(17)3)10-15-5-4-6-21-15/h4-9H,10-11H2,1-3H3. The summed E-state index contributed by atoms with van der Waals surface area (Å²) in [4.78, 5) is 1.32. The van der Waals surface area contributed by atoms with Crippen LogP contribution in [0.5, 0.6) is 0 Å². The highest BCUT2D eigenvalue weighted by Gasteiger charge is 2.10. The molecular weight excluding hydrogens is 310 g/mol. The van der Waals surface area contributed by atoms with Gasteiger partial charge in [-0.15, -0.1) is 21.5 Å². The Bertz CT molecular complexity index is 740. The first-order valence-electron chi connectivity index (χ1n) is 7.22. The minimum atomic E-state index is 0.852. The molecule has 0 radical (unpaired) electrons. The second-order valence-corrected chi connectivity index (χ2v) is 7.47. The number of thiophene rings is 1. The fourth-order valence-electron chi connectivity index (χ4n) is 2.49. The van der Waals surface area contributed by atoms with Crippen LogP contribution in [0.3, 0.4) is 0 Å². The van der Waals surface area contributed by atoms with Gasteiger partial charge in [0.2, 0.25) is 0 Å². The Morgan fingerprint density at radius 3 is 2.59 bits per heavy atom. The lowest BCUT2D eigenvalue weighted by Gasteiger charge is -2.05. The van der Waals surface area contributed by atoms with E-state index in [4.69, 9.17) is 0 Å². The smallest absolute Gasteiger partial charge is 0.191 e. The molecule has 114 valence electrons. The number of hydrogen-bond acceptors (Lipinski definition) is 4. The van der Waals surface area contributed by atoms with Crippen molar-refractivity contribution in [3.8, 4) is 0 Å². The zero-order valence-electron chi connectivity index (χ0n) is 13.0. The Balaban J connectivity index is 1.69. The highest BCUT2D eigenvalue weighted by molar-refractivity contribution is 7.98. The summed E-state index contributed by atoms with van der Waals surface area (Å²) < 4.78 is 2.10. The maximum Gasteiger partial charge on any atom is 0.191 e. The molecule has 0 unspecified atom stereocenters. The van der Waals surface area contributed by atoms with Gasteiger partial charge in [-0.25, -0.2) is 0 Å². The molecule has 0 saturated heterocycles. The largest absolute Gasteiger partial charge is 0.309 e. The molecule has 0 bridgehead atoms. The summed E-state index contributed by atoms with van der Waals surface area (Å²) in [5, 5.41) is 11.7. The normalized spacial score (nSPS) is 11.0. The van der Waals surface area contributed by atoms with Gasteiger partial charge in [0.1, 0.15) is 5.82 Å². The van der Waals surface area contributed by atoms with Crippen LogP contribution in [-0.2, 0) is 19.2 Å². The maximum atomic E-state index is 4.34. The molecule has 3 rings (SSSR count). The third kappa shape index (κ3) is 3.59. The van der Waals surface area contributed by atoms with Gasteiger partial charge in [0, 0.05) is 24.1 Å². The molecule has 0 aliphatic rings. The molecule has 2 aromatic heterocycles. The lowest BCUT2D eigenvalue weighted by molar-refractivity contribution is 0.751. The molecule has 0 N–H and O–H groups in total. The van der Waals surface area contributed by atoms with E-state index in [1.165, 1.54) is 21.6 Å². The van der Waals surface area contributed by atoms with Crippen LogP contribution in [0.1, 0.15) is 27.4 Å². The molecule has 22 heavy (non-hydrogen) atoms.